The number of carbonyl (C=O) groups excluding carboxylic acids is 2. The van der Waals surface area contributed by atoms with Gasteiger partial charge in [0, 0.05) is 6.54 Å². The van der Waals surface area contributed by atoms with Gasteiger partial charge in [0.1, 0.15) is 5.75 Å². The highest BCUT2D eigenvalue weighted by atomic mass is 16.5. The lowest BCUT2D eigenvalue weighted by Crippen LogP contribution is -2.45. The summed E-state index contributed by atoms with van der Waals surface area (Å²) in [4.78, 5) is 26.1. The Morgan fingerprint density at radius 1 is 1.04 bits per heavy atom. The molecule has 0 unspecified atom stereocenters. The molecule has 0 aliphatic heterocycles. The van der Waals surface area contributed by atoms with Gasteiger partial charge in [-0.2, -0.15) is 0 Å². The summed E-state index contributed by atoms with van der Waals surface area (Å²) in [6, 6.07) is 16.9. The maximum Gasteiger partial charge on any atom is 0.234 e. The van der Waals surface area contributed by atoms with Crippen molar-refractivity contribution in [1.29, 1.82) is 0 Å². The topological polar surface area (TPSA) is 58.6 Å². The standard InChI is InChI=1S/C21H26N2O3/c1-16(24)20(13-17-7-5-4-6-8-17)22-21(25)15-23(2)14-18-9-11-19(26-3)12-10-18/h4-12,20H,13-15H2,1-3H3,(H,22,25)/t20-/m0/s1. The van der Waals surface area contributed by atoms with Crippen LogP contribution in [0.5, 0.6) is 5.75 Å². The number of hydrogen-bond donors (Lipinski definition) is 1. The first-order valence-electron chi connectivity index (χ1n) is 8.63. The average molecular weight is 354 g/mol. The molecule has 2 rings (SSSR count). The molecule has 1 atom stereocenters. The van der Waals surface area contributed by atoms with Gasteiger partial charge in [0.15, 0.2) is 5.78 Å². The molecule has 0 saturated heterocycles. The van der Waals surface area contributed by atoms with Crippen LogP contribution < -0.4 is 10.1 Å². The number of rotatable bonds is 9. The van der Waals surface area contributed by atoms with Gasteiger partial charge >= 0.3 is 0 Å². The van der Waals surface area contributed by atoms with E-state index in [2.05, 4.69) is 5.32 Å². The van der Waals surface area contributed by atoms with Crippen molar-refractivity contribution in [3.63, 3.8) is 0 Å². The molecule has 0 spiro atoms. The second-order valence-electron chi connectivity index (χ2n) is 6.44. The first-order valence-corrected chi connectivity index (χ1v) is 8.63. The maximum atomic E-state index is 12.3. The molecule has 138 valence electrons. The normalized spacial score (nSPS) is 11.8. The minimum atomic E-state index is -0.501. The van der Waals surface area contributed by atoms with Gasteiger partial charge in [0.2, 0.25) is 5.91 Å². The van der Waals surface area contributed by atoms with Gasteiger partial charge in [-0.1, -0.05) is 42.5 Å². The molecular formula is C21H26N2O3. The van der Waals surface area contributed by atoms with Crippen molar-refractivity contribution < 1.29 is 14.3 Å². The summed E-state index contributed by atoms with van der Waals surface area (Å²) >= 11 is 0. The van der Waals surface area contributed by atoms with E-state index in [0.717, 1.165) is 16.9 Å². The van der Waals surface area contributed by atoms with Crippen LogP contribution in [0.3, 0.4) is 0 Å². The third-order valence-corrected chi connectivity index (χ3v) is 4.13. The van der Waals surface area contributed by atoms with Gasteiger partial charge < -0.3 is 10.1 Å². The number of Topliss-reactive ketones (excluding diaryl/α,β-unsaturated/α-hetero) is 1. The molecule has 5 heteroatoms. The predicted molar refractivity (Wildman–Crippen MR) is 102 cm³/mol. The number of hydrogen-bond acceptors (Lipinski definition) is 4. The predicted octanol–water partition coefficient (Wildman–Crippen LogP) is 2.44. The Bertz CT molecular complexity index is 714. The molecular weight excluding hydrogens is 328 g/mol. The Morgan fingerprint density at radius 3 is 2.27 bits per heavy atom. The Kier molecular flexibility index (Phi) is 7.36. The SMILES string of the molecule is COc1ccc(CN(C)CC(=O)N[C@@H](Cc2ccccc2)C(C)=O)cc1. The van der Waals surface area contributed by atoms with Crippen LogP contribution in [0.2, 0.25) is 0 Å². The van der Waals surface area contributed by atoms with Crippen molar-refractivity contribution in [2.45, 2.75) is 25.9 Å². The van der Waals surface area contributed by atoms with Crippen LogP contribution in [0.15, 0.2) is 54.6 Å². The fourth-order valence-electron chi connectivity index (χ4n) is 2.73. The van der Waals surface area contributed by atoms with E-state index in [9.17, 15) is 9.59 Å². The highest BCUT2D eigenvalue weighted by molar-refractivity contribution is 5.88. The zero-order valence-electron chi connectivity index (χ0n) is 15.6. The second-order valence-corrected chi connectivity index (χ2v) is 6.44. The lowest BCUT2D eigenvalue weighted by molar-refractivity contribution is -0.127. The third-order valence-electron chi connectivity index (χ3n) is 4.13. The highest BCUT2D eigenvalue weighted by Gasteiger charge is 2.18. The van der Waals surface area contributed by atoms with E-state index >= 15 is 0 Å². The van der Waals surface area contributed by atoms with E-state index in [-0.39, 0.29) is 18.2 Å². The molecule has 0 bridgehead atoms. The van der Waals surface area contributed by atoms with Crippen molar-refractivity contribution in [2.75, 3.05) is 20.7 Å². The number of likely N-dealkylation sites (N-methyl/N-ethyl adjacent to an activating group) is 1. The van der Waals surface area contributed by atoms with Crippen molar-refractivity contribution in [3.05, 3.63) is 65.7 Å². The number of methoxy groups -OCH3 is 1. The van der Waals surface area contributed by atoms with Crippen LogP contribution in [-0.4, -0.2) is 43.3 Å². The number of ether oxygens (including phenoxy) is 1. The Hall–Kier alpha value is -2.66. The molecule has 1 N–H and O–H groups in total. The number of ketones is 1. The summed E-state index contributed by atoms with van der Waals surface area (Å²) < 4.78 is 5.14. The third kappa shape index (κ3) is 6.33. The molecule has 2 aromatic rings. The molecule has 26 heavy (non-hydrogen) atoms. The summed E-state index contributed by atoms with van der Waals surface area (Å²) in [7, 11) is 3.51. The largest absolute Gasteiger partial charge is 0.497 e. The van der Waals surface area contributed by atoms with Crippen molar-refractivity contribution in [3.8, 4) is 5.75 Å². The van der Waals surface area contributed by atoms with Crippen LogP contribution in [-0.2, 0) is 22.6 Å². The van der Waals surface area contributed by atoms with Gasteiger partial charge in [-0.25, -0.2) is 0 Å². The van der Waals surface area contributed by atoms with E-state index in [0.29, 0.717) is 13.0 Å². The van der Waals surface area contributed by atoms with Crippen LogP contribution in [0.4, 0.5) is 0 Å². The van der Waals surface area contributed by atoms with E-state index in [4.69, 9.17) is 4.74 Å². The molecule has 0 heterocycles. The van der Waals surface area contributed by atoms with E-state index in [1.165, 1.54) is 6.92 Å². The molecule has 5 nitrogen and oxygen atoms in total. The molecule has 0 radical (unpaired) electrons. The number of nitrogens with one attached hydrogen (secondary N) is 1. The number of carbonyl (C=O) groups is 2. The molecule has 0 aliphatic carbocycles. The average Bonchev–Trinajstić information content (AvgIpc) is 2.62. The number of benzene rings is 2. The smallest absolute Gasteiger partial charge is 0.234 e. The Labute approximate surface area is 155 Å². The second kappa shape index (κ2) is 9.73. The highest BCUT2D eigenvalue weighted by Crippen LogP contribution is 2.12. The van der Waals surface area contributed by atoms with Gasteiger partial charge in [-0.3, -0.25) is 14.5 Å². The minimum Gasteiger partial charge on any atom is -0.497 e. The molecule has 0 aliphatic rings. The lowest BCUT2D eigenvalue weighted by Gasteiger charge is -2.20. The zero-order chi connectivity index (χ0) is 18.9. The summed E-state index contributed by atoms with van der Waals surface area (Å²) in [5.74, 6) is 0.608. The zero-order valence-corrected chi connectivity index (χ0v) is 15.6. The van der Waals surface area contributed by atoms with Crippen molar-refractivity contribution >= 4 is 11.7 Å². The van der Waals surface area contributed by atoms with Crippen molar-refractivity contribution in [1.82, 2.24) is 10.2 Å². The lowest BCUT2D eigenvalue weighted by atomic mass is 10.0. The number of nitrogens with zero attached hydrogens (tertiary/aromatic N) is 1. The molecule has 0 aromatic heterocycles. The Morgan fingerprint density at radius 2 is 1.69 bits per heavy atom. The van der Waals surface area contributed by atoms with E-state index in [1.807, 2.05) is 66.5 Å². The molecule has 0 saturated carbocycles. The van der Waals surface area contributed by atoms with Crippen LogP contribution in [0.1, 0.15) is 18.1 Å². The molecule has 0 fully saturated rings. The van der Waals surface area contributed by atoms with Gasteiger partial charge in [-0.15, -0.1) is 0 Å². The number of amides is 1. The first-order chi connectivity index (χ1) is 12.5. The fraction of sp³-hybridized carbons (Fsp3) is 0.333. The van der Waals surface area contributed by atoms with Crippen molar-refractivity contribution in [2.24, 2.45) is 0 Å². The van der Waals surface area contributed by atoms with Gasteiger partial charge in [0.05, 0.1) is 19.7 Å². The van der Waals surface area contributed by atoms with Crippen LogP contribution in [0, 0.1) is 0 Å². The van der Waals surface area contributed by atoms with E-state index in [1.54, 1.807) is 7.11 Å². The summed E-state index contributed by atoms with van der Waals surface area (Å²) in [6.07, 6.45) is 0.504. The van der Waals surface area contributed by atoms with Crippen LogP contribution in [0.25, 0.3) is 0 Å². The quantitative estimate of drug-likeness (QED) is 0.751. The van der Waals surface area contributed by atoms with Gasteiger partial charge in [-0.05, 0) is 43.7 Å². The summed E-state index contributed by atoms with van der Waals surface area (Å²) in [5.41, 5.74) is 2.12. The van der Waals surface area contributed by atoms with Gasteiger partial charge in [0.25, 0.3) is 0 Å². The van der Waals surface area contributed by atoms with Crippen LogP contribution >= 0.6 is 0 Å². The van der Waals surface area contributed by atoms with E-state index < -0.39 is 6.04 Å². The minimum absolute atomic E-state index is 0.0417. The Balaban J connectivity index is 1.87. The monoisotopic (exact) mass is 354 g/mol. The fourth-order valence-corrected chi connectivity index (χ4v) is 2.73. The summed E-state index contributed by atoms with van der Waals surface area (Å²) in [6.45, 7) is 2.38. The molecule has 2 aromatic carbocycles. The first kappa shape index (κ1) is 19.7. The summed E-state index contributed by atoms with van der Waals surface area (Å²) in [5, 5.41) is 2.85. The molecule has 1 amide bonds. The maximum absolute atomic E-state index is 12.3.